The topological polar surface area (TPSA) is 58.1 Å². The van der Waals surface area contributed by atoms with Gasteiger partial charge in [-0.2, -0.15) is 0 Å². The van der Waals surface area contributed by atoms with Crippen molar-refractivity contribution in [1.82, 2.24) is 9.97 Å². The van der Waals surface area contributed by atoms with Gasteiger partial charge >= 0.3 is 0 Å². The van der Waals surface area contributed by atoms with Crippen LogP contribution in [0.3, 0.4) is 0 Å². The van der Waals surface area contributed by atoms with E-state index in [2.05, 4.69) is 20.2 Å². The Morgan fingerprint density at radius 1 is 1.03 bits per heavy atom. The zero-order valence-electron chi connectivity index (χ0n) is 16.1. The molecule has 30 heavy (non-hydrogen) atoms. The number of hydrogen-bond acceptors (Lipinski definition) is 5. The first-order valence-electron chi connectivity index (χ1n) is 9.65. The molecule has 1 fully saturated rings. The fourth-order valence-electron chi connectivity index (χ4n) is 3.39. The standard InChI is InChI=1S/C22H20F2N4OS/c23-16-6-7-18(24)19(14-16)27-21(29)15-8-12-28(13-9-15)20-22(26-11-10-25-20)30-17-4-2-1-3-5-17/h1-7,10-11,14-15H,8-9,12-13H2,(H,27,29). The number of carbonyl (C=O) groups excluding carboxylic acids is 1. The molecule has 0 aliphatic carbocycles. The molecule has 5 nitrogen and oxygen atoms in total. The molecule has 1 amide bonds. The van der Waals surface area contributed by atoms with Crippen molar-refractivity contribution in [3.05, 3.63) is 72.6 Å². The lowest BCUT2D eigenvalue weighted by Crippen LogP contribution is -2.39. The molecule has 0 unspecified atom stereocenters. The van der Waals surface area contributed by atoms with Gasteiger partial charge in [-0.25, -0.2) is 18.7 Å². The van der Waals surface area contributed by atoms with E-state index >= 15 is 0 Å². The Morgan fingerprint density at radius 2 is 1.77 bits per heavy atom. The lowest BCUT2D eigenvalue weighted by atomic mass is 9.96. The summed E-state index contributed by atoms with van der Waals surface area (Å²) in [6, 6.07) is 13.0. The molecule has 1 aliphatic heterocycles. The zero-order chi connectivity index (χ0) is 20.9. The van der Waals surface area contributed by atoms with Crippen LogP contribution in [0.2, 0.25) is 0 Å². The van der Waals surface area contributed by atoms with E-state index in [9.17, 15) is 13.6 Å². The van der Waals surface area contributed by atoms with Crippen LogP contribution in [0.4, 0.5) is 20.3 Å². The maximum absolute atomic E-state index is 13.8. The second-order valence-electron chi connectivity index (χ2n) is 6.97. The van der Waals surface area contributed by atoms with Crippen LogP contribution < -0.4 is 10.2 Å². The second kappa shape index (κ2) is 9.21. The number of piperidine rings is 1. The third-order valence-corrected chi connectivity index (χ3v) is 5.95. The maximum Gasteiger partial charge on any atom is 0.227 e. The SMILES string of the molecule is O=C(Nc1cc(F)ccc1F)C1CCN(c2nccnc2Sc2ccccc2)CC1. The van der Waals surface area contributed by atoms with E-state index in [1.807, 2.05) is 30.3 Å². The zero-order valence-corrected chi connectivity index (χ0v) is 16.9. The number of nitrogens with zero attached hydrogens (tertiary/aromatic N) is 3. The van der Waals surface area contributed by atoms with Gasteiger partial charge in [-0.05, 0) is 37.1 Å². The second-order valence-corrected chi connectivity index (χ2v) is 8.04. The molecule has 2 aromatic carbocycles. The average Bonchev–Trinajstić information content (AvgIpc) is 2.77. The maximum atomic E-state index is 13.8. The van der Waals surface area contributed by atoms with Gasteiger partial charge in [0, 0.05) is 42.4 Å². The number of carbonyl (C=O) groups is 1. The molecule has 1 aromatic heterocycles. The smallest absolute Gasteiger partial charge is 0.227 e. The number of benzene rings is 2. The first-order chi connectivity index (χ1) is 14.6. The summed E-state index contributed by atoms with van der Waals surface area (Å²) in [4.78, 5) is 24.7. The summed E-state index contributed by atoms with van der Waals surface area (Å²) in [6.07, 6.45) is 4.52. The van der Waals surface area contributed by atoms with Crippen LogP contribution in [0.15, 0.2) is 70.8 Å². The number of amides is 1. The molecule has 0 saturated carbocycles. The molecule has 0 radical (unpaired) electrons. The van der Waals surface area contributed by atoms with Crippen molar-refractivity contribution >= 4 is 29.2 Å². The number of aromatic nitrogens is 2. The van der Waals surface area contributed by atoms with Gasteiger partial charge in [-0.15, -0.1) is 0 Å². The molecule has 0 bridgehead atoms. The van der Waals surface area contributed by atoms with E-state index < -0.39 is 11.6 Å². The summed E-state index contributed by atoms with van der Waals surface area (Å²) in [5.74, 6) is -1.01. The summed E-state index contributed by atoms with van der Waals surface area (Å²) in [5.41, 5.74) is -0.127. The summed E-state index contributed by atoms with van der Waals surface area (Å²) in [6.45, 7) is 1.26. The van der Waals surface area contributed by atoms with Gasteiger partial charge in [0.25, 0.3) is 0 Å². The first kappa shape index (κ1) is 20.3. The van der Waals surface area contributed by atoms with Crippen LogP contribution in [-0.2, 0) is 4.79 Å². The summed E-state index contributed by atoms with van der Waals surface area (Å²) in [7, 11) is 0. The third-order valence-electron chi connectivity index (χ3n) is 4.96. The molecule has 1 saturated heterocycles. The highest BCUT2D eigenvalue weighted by molar-refractivity contribution is 7.99. The van der Waals surface area contributed by atoms with Crippen molar-refractivity contribution in [1.29, 1.82) is 0 Å². The van der Waals surface area contributed by atoms with E-state index in [1.54, 1.807) is 24.2 Å². The van der Waals surface area contributed by atoms with Gasteiger partial charge < -0.3 is 10.2 Å². The Labute approximate surface area is 177 Å². The fraction of sp³-hybridized carbons (Fsp3) is 0.227. The minimum absolute atomic E-state index is 0.127. The molecular formula is C22H20F2N4OS. The van der Waals surface area contributed by atoms with Crippen molar-refractivity contribution in [2.45, 2.75) is 22.8 Å². The summed E-state index contributed by atoms with van der Waals surface area (Å²) < 4.78 is 27.1. The van der Waals surface area contributed by atoms with Crippen LogP contribution in [0.5, 0.6) is 0 Å². The predicted molar refractivity (Wildman–Crippen MR) is 113 cm³/mol. The van der Waals surface area contributed by atoms with Crippen LogP contribution in [-0.4, -0.2) is 29.0 Å². The third kappa shape index (κ3) is 4.76. The minimum Gasteiger partial charge on any atom is -0.354 e. The van der Waals surface area contributed by atoms with E-state index in [1.165, 1.54) is 0 Å². The van der Waals surface area contributed by atoms with Gasteiger partial charge in [-0.3, -0.25) is 4.79 Å². The molecule has 154 valence electrons. The first-order valence-corrected chi connectivity index (χ1v) is 10.5. The number of nitrogens with one attached hydrogen (secondary N) is 1. The number of hydrogen-bond donors (Lipinski definition) is 1. The Hall–Kier alpha value is -3.00. The Bertz CT molecular complexity index is 1030. The van der Waals surface area contributed by atoms with Crippen molar-refractivity contribution in [3.8, 4) is 0 Å². The van der Waals surface area contributed by atoms with Gasteiger partial charge in [0.1, 0.15) is 16.7 Å². The number of rotatable bonds is 5. The number of anilines is 2. The molecule has 1 aliphatic rings. The minimum atomic E-state index is -0.649. The Morgan fingerprint density at radius 3 is 2.53 bits per heavy atom. The van der Waals surface area contributed by atoms with Gasteiger partial charge in [0.15, 0.2) is 5.82 Å². The molecule has 3 aromatic rings. The highest BCUT2D eigenvalue weighted by atomic mass is 32.2. The van der Waals surface area contributed by atoms with Gasteiger partial charge in [0.05, 0.1) is 5.69 Å². The van der Waals surface area contributed by atoms with Gasteiger partial charge in [-0.1, -0.05) is 30.0 Å². The molecule has 0 spiro atoms. The highest BCUT2D eigenvalue weighted by Crippen LogP contribution is 2.34. The fourth-order valence-corrected chi connectivity index (χ4v) is 4.29. The van der Waals surface area contributed by atoms with Crippen LogP contribution in [0.1, 0.15) is 12.8 Å². The normalized spacial score (nSPS) is 14.5. The van der Waals surface area contributed by atoms with Crippen LogP contribution in [0.25, 0.3) is 0 Å². The van der Waals surface area contributed by atoms with E-state index in [0.717, 1.165) is 33.9 Å². The van der Waals surface area contributed by atoms with Crippen LogP contribution >= 0.6 is 11.8 Å². The number of halogens is 2. The highest BCUT2D eigenvalue weighted by Gasteiger charge is 2.27. The van der Waals surface area contributed by atoms with Crippen molar-refractivity contribution in [3.63, 3.8) is 0 Å². The molecular weight excluding hydrogens is 406 g/mol. The largest absolute Gasteiger partial charge is 0.354 e. The predicted octanol–water partition coefficient (Wildman–Crippen LogP) is 4.76. The van der Waals surface area contributed by atoms with Crippen molar-refractivity contribution in [2.75, 3.05) is 23.3 Å². The lowest BCUT2D eigenvalue weighted by Gasteiger charge is -2.32. The molecule has 8 heteroatoms. The molecule has 0 atom stereocenters. The summed E-state index contributed by atoms with van der Waals surface area (Å²) >= 11 is 1.55. The van der Waals surface area contributed by atoms with E-state index in [4.69, 9.17) is 0 Å². The monoisotopic (exact) mass is 426 g/mol. The van der Waals surface area contributed by atoms with E-state index in [-0.39, 0.29) is 17.5 Å². The van der Waals surface area contributed by atoms with Crippen LogP contribution in [0, 0.1) is 17.6 Å². The van der Waals surface area contributed by atoms with Crippen molar-refractivity contribution < 1.29 is 13.6 Å². The lowest BCUT2D eigenvalue weighted by molar-refractivity contribution is -0.120. The molecule has 2 heterocycles. The average molecular weight is 426 g/mol. The Balaban J connectivity index is 1.40. The van der Waals surface area contributed by atoms with E-state index in [0.29, 0.717) is 25.9 Å². The van der Waals surface area contributed by atoms with Crippen molar-refractivity contribution in [2.24, 2.45) is 5.92 Å². The molecule has 1 N–H and O–H groups in total. The Kier molecular flexibility index (Phi) is 6.23. The summed E-state index contributed by atoms with van der Waals surface area (Å²) in [5, 5.41) is 3.33. The van der Waals surface area contributed by atoms with Gasteiger partial charge in [0.2, 0.25) is 5.91 Å². The quantitative estimate of drug-likeness (QED) is 0.637. The molecule has 4 rings (SSSR count).